The molecule has 0 N–H and O–H groups in total. The molecule has 5 nitrogen and oxygen atoms in total. The number of nitrogens with zero attached hydrogens (tertiary/aromatic N) is 3. The molecule has 0 fully saturated rings. The SMILES string of the molecule is CC(=O)N1C=NCN(C)C1=O. The fraction of sp³-hybridized carbons (Fsp3) is 0.500. The van der Waals surface area contributed by atoms with Gasteiger partial charge in [-0.05, 0) is 0 Å². The number of rotatable bonds is 0. The molecule has 60 valence electrons. The van der Waals surface area contributed by atoms with Crippen molar-refractivity contribution < 1.29 is 9.59 Å². The third kappa shape index (κ3) is 1.36. The molecule has 0 saturated carbocycles. The van der Waals surface area contributed by atoms with Crippen LogP contribution in [0.2, 0.25) is 0 Å². The molecule has 1 aliphatic rings. The Labute approximate surface area is 64.3 Å². The molecule has 0 unspecified atom stereocenters. The molecule has 0 aromatic heterocycles. The Balaban J connectivity index is 2.81. The van der Waals surface area contributed by atoms with Gasteiger partial charge < -0.3 is 4.90 Å². The maximum atomic E-state index is 11.1. The number of hydrogen-bond donors (Lipinski definition) is 0. The predicted octanol–water partition coefficient (Wildman–Crippen LogP) is -0.114. The van der Waals surface area contributed by atoms with Gasteiger partial charge in [0.15, 0.2) is 0 Å². The van der Waals surface area contributed by atoms with Gasteiger partial charge in [0, 0.05) is 14.0 Å². The lowest BCUT2D eigenvalue weighted by Gasteiger charge is -2.24. The molecule has 0 spiro atoms. The van der Waals surface area contributed by atoms with Crippen molar-refractivity contribution in [2.75, 3.05) is 13.7 Å². The van der Waals surface area contributed by atoms with Crippen molar-refractivity contribution in [3.05, 3.63) is 0 Å². The van der Waals surface area contributed by atoms with Gasteiger partial charge in [0.2, 0.25) is 5.91 Å². The summed E-state index contributed by atoms with van der Waals surface area (Å²) in [5.41, 5.74) is 0. The number of carbonyl (C=O) groups is 2. The standard InChI is InChI=1S/C6H9N3O2/c1-5(10)9-4-7-3-8(2)6(9)11/h4H,3H2,1-2H3. The lowest BCUT2D eigenvalue weighted by Crippen LogP contribution is -2.46. The van der Waals surface area contributed by atoms with E-state index in [1.165, 1.54) is 18.2 Å². The molecular weight excluding hydrogens is 146 g/mol. The third-order valence-electron chi connectivity index (χ3n) is 1.36. The summed E-state index contributed by atoms with van der Waals surface area (Å²) in [6, 6.07) is -0.326. The topological polar surface area (TPSA) is 53.0 Å². The second-order valence-corrected chi connectivity index (χ2v) is 2.31. The fourth-order valence-electron chi connectivity index (χ4n) is 0.750. The highest BCUT2D eigenvalue weighted by Gasteiger charge is 2.22. The van der Waals surface area contributed by atoms with Gasteiger partial charge in [-0.1, -0.05) is 0 Å². The number of amides is 3. The summed E-state index contributed by atoms with van der Waals surface area (Å²) in [7, 11) is 1.59. The number of urea groups is 1. The van der Waals surface area contributed by atoms with Crippen LogP contribution in [0.3, 0.4) is 0 Å². The summed E-state index contributed by atoms with van der Waals surface area (Å²) in [5.74, 6) is -0.315. The Morgan fingerprint density at radius 2 is 2.36 bits per heavy atom. The van der Waals surface area contributed by atoms with Gasteiger partial charge in [-0.25, -0.2) is 9.69 Å². The third-order valence-corrected chi connectivity index (χ3v) is 1.36. The van der Waals surface area contributed by atoms with Gasteiger partial charge in [0.25, 0.3) is 0 Å². The van der Waals surface area contributed by atoms with E-state index in [1.54, 1.807) is 7.05 Å². The second kappa shape index (κ2) is 2.69. The molecule has 0 saturated heterocycles. The Morgan fingerprint density at radius 1 is 1.73 bits per heavy atom. The van der Waals surface area contributed by atoms with Crippen molar-refractivity contribution in [1.29, 1.82) is 0 Å². The highest BCUT2D eigenvalue weighted by Crippen LogP contribution is 2.00. The first-order valence-electron chi connectivity index (χ1n) is 3.18. The molecule has 5 heteroatoms. The Hall–Kier alpha value is -1.39. The van der Waals surface area contributed by atoms with E-state index in [2.05, 4.69) is 4.99 Å². The van der Waals surface area contributed by atoms with Crippen molar-refractivity contribution in [1.82, 2.24) is 9.80 Å². The zero-order valence-corrected chi connectivity index (χ0v) is 6.44. The average molecular weight is 155 g/mol. The van der Waals surface area contributed by atoms with Crippen LogP contribution in [-0.2, 0) is 4.79 Å². The first-order valence-corrected chi connectivity index (χ1v) is 3.18. The number of aliphatic imine (C=N–C) groups is 1. The summed E-state index contributed by atoms with van der Waals surface area (Å²) >= 11 is 0. The van der Waals surface area contributed by atoms with Crippen LogP contribution in [-0.4, -0.2) is 41.8 Å². The van der Waals surface area contributed by atoms with Gasteiger partial charge in [-0.3, -0.25) is 9.79 Å². The quantitative estimate of drug-likeness (QED) is 0.490. The van der Waals surface area contributed by atoms with Crippen molar-refractivity contribution in [3.63, 3.8) is 0 Å². The van der Waals surface area contributed by atoms with Gasteiger partial charge >= 0.3 is 6.03 Å². The minimum atomic E-state index is -0.326. The first kappa shape index (κ1) is 7.71. The van der Waals surface area contributed by atoms with Crippen LogP contribution in [0.1, 0.15) is 6.92 Å². The molecular formula is C6H9N3O2. The molecule has 1 aliphatic heterocycles. The zero-order chi connectivity index (χ0) is 8.43. The number of hydrogen-bond acceptors (Lipinski definition) is 3. The summed E-state index contributed by atoms with van der Waals surface area (Å²) in [5, 5.41) is 0. The minimum Gasteiger partial charge on any atom is -0.307 e. The van der Waals surface area contributed by atoms with Crippen LogP contribution in [0.4, 0.5) is 4.79 Å². The fourth-order valence-corrected chi connectivity index (χ4v) is 0.750. The maximum absolute atomic E-state index is 11.1. The highest BCUT2D eigenvalue weighted by atomic mass is 16.2. The average Bonchev–Trinajstić information content (AvgIpc) is 1.94. The smallest absolute Gasteiger partial charge is 0.307 e. The maximum Gasteiger partial charge on any atom is 0.333 e. The van der Waals surface area contributed by atoms with E-state index in [0.29, 0.717) is 6.67 Å². The molecule has 0 radical (unpaired) electrons. The van der Waals surface area contributed by atoms with Crippen molar-refractivity contribution in [3.8, 4) is 0 Å². The Morgan fingerprint density at radius 3 is 2.82 bits per heavy atom. The van der Waals surface area contributed by atoms with Crippen molar-refractivity contribution in [2.45, 2.75) is 6.92 Å². The van der Waals surface area contributed by atoms with Crippen LogP contribution in [0.25, 0.3) is 0 Å². The Bertz CT molecular complexity index is 224. The van der Waals surface area contributed by atoms with Gasteiger partial charge in [-0.15, -0.1) is 0 Å². The van der Waals surface area contributed by atoms with Gasteiger partial charge in [0.05, 0.1) is 0 Å². The largest absolute Gasteiger partial charge is 0.333 e. The normalized spacial score (nSPS) is 17.5. The molecule has 11 heavy (non-hydrogen) atoms. The molecule has 0 bridgehead atoms. The molecule has 1 heterocycles. The molecule has 0 aliphatic carbocycles. The summed E-state index contributed by atoms with van der Waals surface area (Å²) in [6.07, 6.45) is 1.25. The van der Waals surface area contributed by atoms with Crippen molar-refractivity contribution in [2.24, 2.45) is 4.99 Å². The summed E-state index contributed by atoms with van der Waals surface area (Å²) in [4.78, 5) is 28.0. The summed E-state index contributed by atoms with van der Waals surface area (Å²) in [6.45, 7) is 1.64. The van der Waals surface area contributed by atoms with E-state index >= 15 is 0 Å². The molecule has 1 rings (SSSR count). The molecule has 0 atom stereocenters. The van der Waals surface area contributed by atoms with E-state index in [1.807, 2.05) is 0 Å². The van der Waals surface area contributed by atoms with Crippen LogP contribution in [0, 0.1) is 0 Å². The predicted molar refractivity (Wildman–Crippen MR) is 39.0 cm³/mol. The monoisotopic (exact) mass is 155 g/mol. The minimum absolute atomic E-state index is 0.315. The Kier molecular flexibility index (Phi) is 1.89. The lowest BCUT2D eigenvalue weighted by atomic mass is 10.5. The zero-order valence-electron chi connectivity index (χ0n) is 6.44. The molecule has 0 aromatic rings. The van der Waals surface area contributed by atoms with Crippen molar-refractivity contribution >= 4 is 18.3 Å². The number of imide groups is 1. The summed E-state index contributed by atoms with van der Waals surface area (Å²) < 4.78 is 0. The van der Waals surface area contributed by atoms with Crippen LogP contribution in [0.15, 0.2) is 4.99 Å². The van der Waals surface area contributed by atoms with Gasteiger partial charge in [-0.2, -0.15) is 0 Å². The van der Waals surface area contributed by atoms with Gasteiger partial charge in [0.1, 0.15) is 13.0 Å². The van der Waals surface area contributed by atoms with Crippen LogP contribution in [0.5, 0.6) is 0 Å². The van der Waals surface area contributed by atoms with E-state index in [-0.39, 0.29) is 11.9 Å². The van der Waals surface area contributed by atoms with E-state index < -0.39 is 0 Å². The first-order chi connectivity index (χ1) is 5.13. The highest BCUT2D eigenvalue weighted by molar-refractivity contribution is 6.04. The van der Waals surface area contributed by atoms with E-state index in [0.717, 1.165) is 4.90 Å². The molecule has 3 amide bonds. The van der Waals surface area contributed by atoms with E-state index in [4.69, 9.17) is 0 Å². The second-order valence-electron chi connectivity index (χ2n) is 2.31. The molecule has 0 aromatic carbocycles. The van der Waals surface area contributed by atoms with Crippen LogP contribution >= 0.6 is 0 Å². The van der Waals surface area contributed by atoms with Crippen LogP contribution < -0.4 is 0 Å². The lowest BCUT2D eigenvalue weighted by molar-refractivity contribution is -0.123. The number of carbonyl (C=O) groups excluding carboxylic acids is 2. The van der Waals surface area contributed by atoms with E-state index in [9.17, 15) is 9.59 Å².